The third-order valence-corrected chi connectivity index (χ3v) is 6.92. The summed E-state index contributed by atoms with van der Waals surface area (Å²) in [6.07, 6.45) is 2.15. The van der Waals surface area contributed by atoms with E-state index in [1.165, 1.54) is 10.6 Å². The highest BCUT2D eigenvalue weighted by Gasteiger charge is 2.28. The largest absolute Gasteiger partial charge is 0.485 e. The molecule has 0 saturated carbocycles. The average Bonchev–Trinajstić information content (AvgIpc) is 2.77. The van der Waals surface area contributed by atoms with Gasteiger partial charge in [-0.25, -0.2) is 12.7 Å². The minimum Gasteiger partial charge on any atom is -0.485 e. The van der Waals surface area contributed by atoms with Crippen molar-refractivity contribution in [3.63, 3.8) is 0 Å². The Morgan fingerprint density at radius 1 is 1.07 bits per heavy atom. The minimum absolute atomic E-state index is 0.0205. The molecule has 1 N–H and O–H groups in total. The summed E-state index contributed by atoms with van der Waals surface area (Å²) in [6.45, 7) is 1.70. The molecule has 1 fully saturated rings. The van der Waals surface area contributed by atoms with Crippen LogP contribution in [0.4, 0.5) is 0 Å². The van der Waals surface area contributed by atoms with Gasteiger partial charge < -0.3 is 14.8 Å². The highest BCUT2D eigenvalue weighted by Crippen LogP contribution is 2.35. The van der Waals surface area contributed by atoms with Crippen molar-refractivity contribution < 1.29 is 22.7 Å². The zero-order valence-corrected chi connectivity index (χ0v) is 17.7. The number of hydrogen-bond acceptors (Lipinski definition) is 5. The number of carbonyl (C=O) groups is 1. The molecule has 0 unspecified atom stereocenters. The van der Waals surface area contributed by atoms with Crippen LogP contribution in [0.2, 0.25) is 0 Å². The van der Waals surface area contributed by atoms with Crippen molar-refractivity contribution in [1.29, 1.82) is 0 Å². The number of nitrogens with one attached hydrogen (secondary N) is 1. The lowest BCUT2D eigenvalue weighted by Gasteiger charge is -2.29. The fourth-order valence-electron chi connectivity index (χ4n) is 3.82. The number of sulfonamides is 1. The maximum absolute atomic E-state index is 12.4. The van der Waals surface area contributed by atoms with Gasteiger partial charge in [-0.2, -0.15) is 0 Å². The van der Waals surface area contributed by atoms with Gasteiger partial charge in [0.25, 0.3) is 0 Å². The van der Waals surface area contributed by atoms with Crippen molar-refractivity contribution in [2.75, 3.05) is 26.0 Å². The van der Waals surface area contributed by atoms with E-state index in [-0.39, 0.29) is 17.9 Å². The Bertz CT molecular complexity index is 998. The predicted molar refractivity (Wildman–Crippen MR) is 113 cm³/mol. The number of carbonyl (C=O) groups excluding carboxylic acids is 1. The van der Waals surface area contributed by atoms with E-state index in [0.29, 0.717) is 39.1 Å². The van der Waals surface area contributed by atoms with Gasteiger partial charge in [0.15, 0.2) is 17.6 Å². The molecular formula is C22H26N2O5S. The van der Waals surface area contributed by atoms with Crippen molar-refractivity contribution in [2.45, 2.75) is 25.5 Å². The summed E-state index contributed by atoms with van der Waals surface area (Å²) in [5.41, 5.74) is 2.02. The molecule has 1 saturated heterocycles. The molecule has 2 aliphatic heterocycles. The Morgan fingerprint density at radius 3 is 2.40 bits per heavy atom. The highest BCUT2D eigenvalue weighted by molar-refractivity contribution is 7.88. The van der Waals surface area contributed by atoms with Gasteiger partial charge in [-0.15, -0.1) is 0 Å². The van der Waals surface area contributed by atoms with E-state index in [4.69, 9.17) is 9.47 Å². The lowest BCUT2D eigenvalue weighted by molar-refractivity contribution is -0.126. The normalized spacial score (nSPS) is 20.0. The van der Waals surface area contributed by atoms with Crippen LogP contribution < -0.4 is 14.8 Å². The number of benzene rings is 2. The summed E-state index contributed by atoms with van der Waals surface area (Å²) in [4.78, 5) is 12.4. The molecule has 160 valence electrons. The molecule has 2 aliphatic rings. The van der Waals surface area contributed by atoms with E-state index < -0.39 is 10.0 Å². The number of fused-ring (bicyclic) bond motifs is 1. The number of ether oxygens (including phenoxy) is 2. The molecule has 2 heterocycles. The van der Waals surface area contributed by atoms with Crippen LogP contribution in [0.5, 0.6) is 11.5 Å². The second kappa shape index (κ2) is 8.65. The Balaban J connectivity index is 1.28. The SMILES string of the molecule is CS(=O)(=O)N1CCC(C(=O)NCc2ccc([C@H]3COc4ccccc4O3)cc2)CC1. The Hall–Kier alpha value is -2.58. The third-order valence-electron chi connectivity index (χ3n) is 5.62. The molecule has 4 rings (SSSR count). The van der Waals surface area contributed by atoms with E-state index in [2.05, 4.69) is 5.32 Å². The van der Waals surface area contributed by atoms with Gasteiger partial charge in [0, 0.05) is 25.6 Å². The predicted octanol–water partition coefficient (Wildman–Crippen LogP) is 2.49. The van der Waals surface area contributed by atoms with Crippen molar-refractivity contribution >= 4 is 15.9 Å². The highest BCUT2D eigenvalue weighted by atomic mass is 32.2. The lowest BCUT2D eigenvalue weighted by Crippen LogP contribution is -2.42. The molecule has 7 nitrogen and oxygen atoms in total. The molecular weight excluding hydrogens is 404 g/mol. The van der Waals surface area contributed by atoms with Crippen molar-refractivity contribution in [3.8, 4) is 11.5 Å². The van der Waals surface area contributed by atoms with E-state index in [1.54, 1.807) is 0 Å². The third kappa shape index (κ3) is 4.76. The summed E-state index contributed by atoms with van der Waals surface area (Å²) in [5, 5.41) is 2.97. The van der Waals surface area contributed by atoms with Crippen LogP contribution in [0.25, 0.3) is 0 Å². The Morgan fingerprint density at radius 2 is 1.73 bits per heavy atom. The minimum atomic E-state index is -3.18. The van der Waals surface area contributed by atoms with Gasteiger partial charge in [-0.1, -0.05) is 36.4 Å². The summed E-state index contributed by atoms with van der Waals surface area (Å²) in [6, 6.07) is 15.6. The maximum Gasteiger partial charge on any atom is 0.223 e. The molecule has 2 aromatic rings. The van der Waals surface area contributed by atoms with E-state index >= 15 is 0 Å². The molecule has 1 atom stereocenters. The van der Waals surface area contributed by atoms with Gasteiger partial charge in [-0.3, -0.25) is 4.79 Å². The van der Waals surface area contributed by atoms with Crippen molar-refractivity contribution in [3.05, 3.63) is 59.7 Å². The van der Waals surface area contributed by atoms with Crippen LogP contribution in [0, 0.1) is 5.92 Å². The maximum atomic E-state index is 12.4. The lowest BCUT2D eigenvalue weighted by atomic mass is 9.97. The average molecular weight is 431 g/mol. The van der Waals surface area contributed by atoms with Gasteiger partial charge in [-0.05, 0) is 36.1 Å². The number of hydrogen-bond donors (Lipinski definition) is 1. The fourth-order valence-corrected chi connectivity index (χ4v) is 4.69. The van der Waals surface area contributed by atoms with Gasteiger partial charge in [0.2, 0.25) is 15.9 Å². The molecule has 30 heavy (non-hydrogen) atoms. The van der Waals surface area contributed by atoms with Gasteiger partial charge in [0.1, 0.15) is 6.61 Å². The first-order chi connectivity index (χ1) is 14.4. The van der Waals surface area contributed by atoms with E-state index in [9.17, 15) is 13.2 Å². The smallest absolute Gasteiger partial charge is 0.223 e. The summed E-state index contributed by atoms with van der Waals surface area (Å²) < 4.78 is 36.4. The Labute approximate surface area is 177 Å². The van der Waals surface area contributed by atoms with Gasteiger partial charge in [0.05, 0.1) is 6.26 Å². The second-order valence-electron chi connectivity index (χ2n) is 7.76. The van der Waals surface area contributed by atoms with Crippen LogP contribution in [0.15, 0.2) is 48.5 Å². The molecule has 0 aliphatic carbocycles. The molecule has 0 radical (unpaired) electrons. The zero-order chi connectivity index (χ0) is 21.1. The first-order valence-electron chi connectivity index (χ1n) is 10.1. The topological polar surface area (TPSA) is 84.9 Å². The standard InChI is InChI=1S/C22H26N2O5S/c1-30(26,27)24-12-10-18(11-13-24)22(25)23-14-16-6-8-17(9-7-16)21-15-28-19-4-2-3-5-20(19)29-21/h2-9,18,21H,10-15H2,1H3,(H,23,25)/t21-/m1/s1. The van der Waals surface area contributed by atoms with Crippen LogP contribution in [0.3, 0.4) is 0 Å². The van der Waals surface area contributed by atoms with Crippen LogP contribution in [-0.2, 0) is 21.4 Å². The number of piperidine rings is 1. The zero-order valence-electron chi connectivity index (χ0n) is 16.9. The summed E-state index contributed by atoms with van der Waals surface area (Å²) in [5.74, 6) is 1.34. The molecule has 0 spiro atoms. The van der Waals surface area contributed by atoms with E-state index in [0.717, 1.165) is 22.6 Å². The van der Waals surface area contributed by atoms with Crippen LogP contribution in [0.1, 0.15) is 30.1 Å². The molecule has 2 aromatic carbocycles. The van der Waals surface area contributed by atoms with Crippen molar-refractivity contribution in [1.82, 2.24) is 9.62 Å². The fraction of sp³-hybridized carbons (Fsp3) is 0.409. The van der Waals surface area contributed by atoms with E-state index in [1.807, 2.05) is 48.5 Å². The first kappa shape index (κ1) is 20.7. The first-order valence-corrected chi connectivity index (χ1v) is 11.9. The number of para-hydroxylation sites is 2. The molecule has 0 aromatic heterocycles. The van der Waals surface area contributed by atoms with Crippen LogP contribution >= 0.6 is 0 Å². The van der Waals surface area contributed by atoms with Crippen molar-refractivity contribution in [2.24, 2.45) is 5.92 Å². The van der Waals surface area contributed by atoms with Crippen LogP contribution in [-0.4, -0.2) is 44.6 Å². The Kier molecular flexibility index (Phi) is 5.97. The second-order valence-corrected chi connectivity index (χ2v) is 9.74. The molecule has 0 bridgehead atoms. The number of amides is 1. The number of rotatable bonds is 5. The number of nitrogens with zero attached hydrogens (tertiary/aromatic N) is 1. The summed E-state index contributed by atoms with van der Waals surface area (Å²) in [7, 11) is -3.18. The van der Waals surface area contributed by atoms with Gasteiger partial charge >= 0.3 is 0 Å². The molecule has 1 amide bonds. The monoisotopic (exact) mass is 430 g/mol. The summed E-state index contributed by atoms with van der Waals surface area (Å²) >= 11 is 0. The quantitative estimate of drug-likeness (QED) is 0.788. The molecule has 8 heteroatoms.